The molecule has 2 fully saturated rings. The second-order valence-corrected chi connectivity index (χ2v) is 6.48. The molecule has 0 N–H and O–H groups in total. The predicted molar refractivity (Wildman–Crippen MR) is 70.3 cm³/mol. The first kappa shape index (κ1) is 13.7. The lowest BCUT2D eigenvalue weighted by Gasteiger charge is -2.33. The monoisotopic (exact) mass is 277 g/mol. The van der Waals surface area contributed by atoms with Gasteiger partial charge in [0, 0.05) is 11.9 Å². The van der Waals surface area contributed by atoms with E-state index in [0.717, 1.165) is 38.5 Å². The lowest BCUT2D eigenvalue weighted by atomic mass is 9.83. The number of hydrogen-bond acceptors (Lipinski definition) is 4. The zero-order valence-electron chi connectivity index (χ0n) is 11.8. The third-order valence-electron chi connectivity index (χ3n) is 5.48. The molecule has 4 atom stereocenters. The van der Waals surface area contributed by atoms with Crippen LogP contribution in [0.5, 0.6) is 0 Å². The molecule has 0 aromatic heterocycles. The van der Waals surface area contributed by atoms with Gasteiger partial charge in [0.05, 0.1) is 5.92 Å². The molecule has 3 rings (SSSR count). The topological polar surface area (TPSA) is 66.4 Å². The highest BCUT2D eigenvalue weighted by Gasteiger charge is 2.51. The van der Waals surface area contributed by atoms with Gasteiger partial charge in [-0.3, -0.25) is 4.79 Å². The quantitative estimate of drug-likeness (QED) is 0.576. The molecule has 2 bridgehead atoms. The van der Waals surface area contributed by atoms with Crippen LogP contribution in [0.3, 0.4) is 0 Å². The van der Waals surface area contributed by atoms with Crippen LogP contribution in [0.1, 0.15) is 45.4 Å². The van der Waals surface area contributed by atoms with Gasteiger partial charge in [-0.15, -0.1) is 0 Å². The van der Waals surface area contributed by atoms with Gasteiger partial charge in [-0.05, 0) is 50.4 Å². The van der Waals surface area contributed by atoms with Crippen molar-refractivity contribution in [3.63, 3.8) is 0 Å². The zero-order chi connectivity index (χ0) is 14.3. The van der Waals surface area contributed by atoms with Crippen LogP contribution in [0.15, 0.2) is 12.2 Å². The van der Waals surface area contributed by atoms with Crippen molar-refractivity contribution < 1.29 is 19.4 Å². The van der Waals surface area contributed by atoms with Crippen molar-refractivity contribution in [3.8, 4) is 0 Å². The van der Waals surface area contributed by atoms with Crippen molar-refractivity contribution in [1.82, 2.24) is 0 Å². The summed E-state index contributed by atoms with van der Waals surface area (Å²) in [5.74, 6) is -2.71. The number of carbonyl (C=O) groups excluding carboxylic acids is 2. The van der Waals surface area contributed by atoms with Crippen LogP contribution in [0.25, 0.3) is 0 Å². The van der Waals surface area contributed by atoms with Gasteiger partial charge in [-0.25, -0.2) is 0 Å². The van der Waals surface area contributed by atoms with E-state index in [1.807, 2.05) is 19.1 Å². The summed E-state index contributed by atoms with van der Waals surface area (Å²) in [5, 5.41) is 11.3. The minimum absolute atomic E-state index is 0.0192. The molecule has 0 heterocycles. The molecule has 20 heavy (non-hydrogen) atoms. The Bertz CT molecular complexity index is 447. The normalized spacial score (nSPS) is 37.2. The Labute approximate surface area is 119 Å². The molecular formula is C16H21O4-. The molecule has 0 aromatic rings. The van der Waals surface area contributed by atoms with Crippen molar-refractivity contribution in [2.24, 2.45) is 23.7 Å². The van der Waals surface area contributed by atoms with Crippen molar-refractivity contribution >= 4 is 11.9 Å². The van der Waals surface area contributed by atoms with Crippen molar-refractivity contribution in [1.29, 1.82) is 0 Å². The maximum atomic E-state index is 12.5. The molecule has 0 saturated heterocycles. The number of carboxylic acids is 1. The minimum atomic E-state index is -1.11. The van der Waals surface area contributed by atoms with Gasteiger partial charge < -0.3 is 14.6 Å². The van der Waals surface area contributed by atoms with Crippen LogP contribution in [-0.4, -0.2) is 17.5 Å². The Balaban J connectivity index is 1.76. The van der Waals surface area contributed by atoms with Gasteiger partial charge in [-0.1, -0.05) is 19.1 Å². The highest BCUT2D eigenvalue weighted by molar-refractivity contribution is 5.83. The lowest BCUT2D eigenvalue weighted by molar-refractivity contribution is -0.314. The van der Waals surface area contributed by atoms with E-state index in [0.29, 0.717) is 0 Å². The van der Waals surface area contributed by atoms with Gasteiger partial charge >= 0.3 is 5.97 Å². The third kappa shape index (κ3) is 2.05. The standard InChI is InChI=1S/C16H22O4/c1-2-16(7-3-4-8-16)20-15(19)13-11-6-5-10(9-11)12(13)14(17)18/h5-6,10-13H,2-4,7-9H2,1H3,(H,17,18)/p-1. The number of aliphatic carboxylic acids is 1. The van der Waals surface area contributed by atoms with Crippen LogP contribution >= 0.6 is 0 Å². The van der Waals surface area contributed by atoms with Crippen molar-refractivity contribution in [3.05, 3.63) is 12.2 Å². The number of allylic oxidation sites excluding steroid dienone is 2. The minimum Gasteiger partial charge on any atom is -0.550 e. The summed E-state index contributed by atoms with van der Waals surface area (Å²) in [7, 11) is 0. The number of fused-ring (bicyclic) bond motifs is 2. The van der Waals surface area contributed by atoms with Crippen molar-refractivity contribution in [2.75, 3.05) is 0 Å². The number of carboxylic acid groups (broad SMARTS) is 1. The molecule has 3 aliphatic rings. The molecule has 4 heteroatoms. The maximum absolute atomic E-state index is 12.5. The zero-order valence-corrected chi connectivity index (χ0v) is 11.8. The Kier molecular flexibility index (Phi) is 3.35. The van der Waals surface area contributed by atoms with E-state index in [2.05, 4.69) is 0 Å². The first-order chi connectivity index (χ1) is 9.56. The smallest absolute Gasteiger partial charge is 0.310 e. The number of ether oxygens (including phenoxy) is 1. The van der Waals surface area contributed by atoms with Gasteiger partial charge in [0.15, 0.2) is 0 Å². The molecule has 3 aliphatic carbocycles. The van der Waals surface area contributed by atoms with Gasteiger partial charge in [0.2, 0.25) is 0 Å². The number of rotatable bonds is 4. The number of hydrogen-bond donors (Lipinski definition) is 0. The Hall–Kier alpha value is -1.32. The molecule has 4 unspecified atom stereocenters. The summed E-state index contributed by atoms with van der Waals surface area (Å²) in [6, 6.07) is 0. The molecular weight excluding hydrogens is 256 g/mol. The number of carbonyl (C=O) groups is 2. The predicted octanol–water partition coefficient (Wildman–Crippen LogP) is 1.44. The highest BCUT2D eigenvalue weighted by Crippen LogP contribution is 2.49. The Morgan fingerprint density at radius 3 is 2.35 bits per heavy atom. The molecule has 0 spiro atoms. The maximum Gasteiger partial charge on any atom is 0.310 e. The second kappa shape index (κ2) is 4.90. The number of esters is 1. The van der Waals surface area contributed by atoms with E-state index in [1.54, 1.807) is 0 Å². The summed E-state index contributed by atoms with van der Waals surface area (Å²) < 4.78 is 5.80. The van der Waals surface area contributed by atoms with Crippen LogP contribution in [-0.2, 0) is 14.3 Å². The first-order valence-corrected chi connectivity index (χ1v) is 7.68. The average molecular weight is 277 g/mol. The van der Waals surface area contributed by atoms with Gasteiger partial charge in [0.25, 0.3) is 0 Å². The third-order valence-corrected chi connectivity index (χ3v) is 5.48. The summed E-state index contributed by atoms with van der Waals surface area (Å²) in [4.78, 5) is 23.9. The summed E-state index contributed by atoms with van der Waals surface area (Å²) in [6.45, 7) is 2.04. The molecule has 110 valence electrons. The van der Waals surface area contributed by atoms with E-state index in [4.69, 9.17) is 4.74 Å². The van der Waals surface area contributed by atoms with E-state index >= 15 is 0 Å². The molecule has 0 amide bonds. The van der Waals surface area contributed by atoms with Crippen LogP contribution in [0.2, 0.25) is 0 Å². The fourth-order valence-corrected chi connectivity index (χ4v) is 4.29. The fraction of sp³-hybridized carbons (Fsp3) is 0.750. The van der Waals surface area contributed by atoms with E-state index in [-0.39, 0.29) is 23.4 Å². The van der Waals surface area contributed by atoms with Crippen LogP contribution in [0.4, 0.5) is 0 Å². The van der Waals surface area contributed by atoms with E-state index < -0.39 is 17.8 Å². The SMILES string of the molecule is CCC1(OC(=O)C2C3C=CC(C3)C2C(=O)[O-])CCCC1. The Morgan fingerprint density at radius 1 is 1.20 bits per heavy atom. The van der Waals surface area contributed by atoms with Crippen LogP contribution < -0.4 is 5.11 Å². The highest BCUT2D eigenvalue weighted by atomic mass is 16.6. The fourth-order valence-electron chi connectivity index (χ4n) is 4.29. The molecule has 0 aliphatic heterocycles. The van der Waals surface area contributed by atoms with Crippen molar-refractivity contribution in [2.45, 2.75) is 51.0 Å². The summed E-state index contributed by atoms with van der Waals surface area (Å²) in [6.07, 6.45) is 9.43. The van der Waals surface area contributed by atoms with E-state index in [9.17, 15) is 14.7 Å². The summed E-state index contributed by atoms with van der Waals surface area (Å²) >= 11 is 0. The largest absolute Gasteiger partial charge is 0.550 e. The molecule has 4 nitrogen and oxygen atoms in total. The van der Waals surface area contributed by atoms with E-state index in [1.165, 1.54) is 0 Å². The van der Waals surface area contributed by atoms with Gasteiger partial charge in [-0.2, -0.15) is 0 Å². The first-order valence-electron chi connectivity index (χ1n) is 7.68. The molecule has 0 radical (unpaired) electrons. The average Bonchev–Trinajstić information content (AvgIpc) is 3.13. The molecule has 2 saturated carbocycles. The second-order valence-electron chi connectivity index (χ2n) is 6.48. The molecule has 0 aromatic carbocycles. The Morgan fingerprint density at radius 2 is 1.80 bits per heavy atom. The van der Waals surface area contributed by atoms with Gasteiger partial charge in [0.1, 0.15) is 5.60 Å². The summed E-state index contributed by atoms with van der Waals surface area (Å²) in [5.41, 5.74) is -0.348. The lowest BCUT2D eigenvalue weighted by Crippen LogP contribution is -2.44. The van der Waals surface area contributed by atoms with Crippen LogP contribution in [0, 0.1) is 23.7 Å².